The zero-order chi connectivity index (χ0) is 19.3. The molecule has 0 unspecified atom stereocenters. The highest BCUT2D eigenvalue weighted by Crippen LogP contribution is 2.23. The maximum Gasteiger partial charge on any atom is 0.276 e. The monoisotopic (exact) mass is 394 g/mol. The Balaban J connectivity index is 1.30. The number of rotatable bonds is 7. The molecule has 7 heteroatoms. The molecule has 2 N–H and O–H groups in total. The first kappa shape index (κ1) is 18.3. The van der Waals surface area contributed by atoms with Crippen LogP contribution >= 0.6 is 11.6 Å². The first-order valence-electron chi connectivity index (χ1n) is 9.05. The van der Waals surface area contributed by atoms with Crippen LogP contribution < -0.4 is 15.4 Å². The predicted molar refractivity (Wildman–Crippen MR) is 109 cm³/mol. The van der Waals surface area contributed by atoms with Gasteiger partial charge < -0.3 is 15.4 Å². The number of hydrogen-bond donors (Lipinski definition) is 2. The number of carbonyl (C=O) groups is 1. The summed E-state index contributed by atoms with van der Waals surface area (Å²) >= 11 is 5.88. The third-order valence-corrected chi connectivity index (χ3v) is 4.51. The Kier molecular flexibility index (Phi) is 5.39. The van der Waals surface area contributed by atoms with Crippen molar-refractivity contribution in [1.29, 1.82) is 0 Å². The summed E-state index contributed by atoms with van der Waals surface area (Å²) in [6.45, 7) is 0.444. The molecule has 1 amide bonds. The molecule has 1 fully saturated rings. The van der Waals surface area contributed by atoms with Crippen LogP contribution in [-0.2, 0) is 6.61 Å². The molecule has 3 aromatic rings. The van der Waals surface area contributed by atoms with Crippen LogP contribution in [0.1, 0.15) is 28.9 Å². The summed E-state index contributed by atoms with van der Waals surface area (Å²) in [6, 6.07) is 18.6. The van der Waals surface area contributed by atoms with Gasteiger partial charge in [-0.05, 0) is 66.9 Å². The van der Waals surface area contributed by atoms with E-state index in [4.69, 9.17) is 16.3 Å². The van der Waals surface area contributed by atoms with Gasteiger partial charge in [-0.15, -0.1) is 10.2 Å². The number of nitrogens with one attached hydrogen (secondary N) is 2. The summed E-state index contributed by atoms with van der Waals surface area (Å²) in [6.07, 6.45) is 2.31. The Morgan fingerprint density at radius 3 is 2.39 bits per heavy atom. The van der Waals surface area contributed by atoms with Crippen molar-refractivity contribution < 1.29 is 9.53 Å². The first-order valence-corrected chi connectivity index (χ1v) is 9.42. The van der Waals surface area contributed by atoms with Crippen molar-refractivity contribution in [2.45, 2.75) is 25.5 Å². The van der Waals surface area contributed by atoms with E-state index in [0.29, 0.717) is 34.9 Å². The molecule has 1 aromatic heterocycles. The molecular formula is C21H19ClN4O2. The maximum absolute atomic E-state index is 12.3. The highest BCUT2D eigenvalue weighted by Gasteiger charge is 2.21. The summed E-state index contributed by atoms with van der Waals surface area (Å²) < 4.78 is 5.74. The molecule has 1 aliphatic carbocycles. The fourth-order valence-corrected chi connectivity index (χ4v) is 2.67. The van der Waals surface area contributed by atoms with Gasteiger partial charge in [-0.3, -0.25) is 4.79 Å². The van der Waals surface area contributed by atoms with E-state index in [1.165, 1.54) is 0 Å². The molecule has 142 valence electrons. The molecule has 0 saturated heterocycles. The quantitative estimate of drug-likeness (QED) is 0.615. The van der Waals surface area contributed by atoms with Gasteiger partial charge in [0.2, 0.25) is 0 Å². The lowest BCUT2D eigenvalue weighted by molar-refractivity contribution is 0.102. The number of benzene rings is 2. The van der Waals surface area contributed by atoms with Crippen molar-refractivity contribution in [3.63, 3.8) is 0 Å². The van der Waals surface area contributed by atoms with E-state index in [0.717, 1.165) is 18.4 Å². The Hall–Kier alpha value is -3.12. The van der Waals surface area contributed by atoms with E-state index in [1.807, 2.05) is 24.3 Å². The van der Waals surface area contributed by atoms with Gasteiger partial charge in [0, 0.05) is 16.8 Å². The average Bonchev–Trinajstić information content (AvgIpc) is 3.53. The second-order valence-electron chi connectivity index (χ2n) is 6.62. The molecule has 0 bridgehead atoms. The molecular weight excluding hydrogens is 376 g/mol. The van der Waals surface area contributed by atoms with Crippen LogP contribution in [-0.4, -0.2) is 22.1 Å². The molecule has 28 heavy (non-hydrogen) atoms. The van der Waals surface area contributed by atoms with Crippen LogP contribution in [0.25, 0.3) is 0 Å². The number of hydrogen-bond acceptors (Lipinski definition) is 5. The number of halogens is 1. The summed E-state index contributed by atoms with van der Waals surface area (Å²) in [5.41, 5.74) is 1.95. The fraction of sp³-hybridized carbons (Fsp3) is 0.190. The molecule has 6 nitrogen and oxygen atoms in total. The second-order valence-corrected chi connectivity index (χ2v) is 7.05. The van der Waals surface area contributed by atoms with Crippen LogP contribution in [0, 0.1) is 0 Å². The second kappa shape index (κ2) is 8.27. The number of anilines is 2. The maximum atomic E-state index is 12.3. The third kappa shape index (κ3) is 4.98. The Labute approximate surface area is 167 Å². The normalized spacial score (nSPS) is 13.0. The number of carbonyl (C=O) groups excluding carboxylic acids is 1. The first-order chi connectivity index (χ1) is 13.7. The van der Waals surface area contributed by atoms with E-state index < -0.39 is 0 Å². The van der Waals surface area contributed by atoms with Gasteiger partial charge in [-0.1, -0.05) is 23.7 Å². The number of aromatic nitrogens is 2. The molecule has 1 saturated carbocycles. The molecule has 2 aromatic carbocycles. The van der Waals surface area contributed by atoms with E-state index in [1.54, 1.807) is 36.4 Å². The highest BCUT2D eigenvalue weighted by atomic mass is 35.5. The number of ether oxygens (including phenoxy) is 1. The van der Waals surface area contributed by atoms with E-state index in [9.17, 15) is 4.79 Å². The molecule has 1 aliphatic rings. The Morgan fingerprint density at radius 2 is 1.75 bits per heavy atom. The zero-order valence-electron chi connectivity index (χ0n) is 15.1. The standard InChI is InChI=1S/C21H19ClN4O2/c22-15-3-1-14(2-4-15)13-28-18-9-7-17(8-10-18)24-21(27)19-11-12-20(26-25-19)23-16-5-6-16/h1-4,7-12,16H,5-6,13H2,(H,23,26)(H,24,27). The van der Waals surface area contributed by atoms with Gasteiger partial charge in [-0.25, -0.2) is 0 Å². The summed E-state index contributed by atoms with van der Waals surface area (Å²) in [4.78, 5) is 12.3. The average molecular weight is 395 g/mol. The minimum absolute atomic E-state index is 0.268. The molecule has 0 spiro atoms. The van der Waals surface area contributed by atoms with Crippen molar-refractivity contribution in [3.05, 3.63) is 76.9 Å². The fourth-order valence-electron chi connectivity index (χ4n) is 2.54. The largest absolute Gasteiger partial charge is 0.489 e. The van der Waals surface area contributed by atoms with Crippen LogP contribution in [0.2, 0.25) is 5.02 Å². The van der Waals surface area contributed by atoms with Gasteiger partial charge >= 0.3 is 0 Å². The van der Waals surface area contributed by atoms with Crippen molar-refractivity contribution in [2.24, 2.45) is 0 Å². The van der Waals surface area contributed by atoms with Crippen LogP contribution in [0.4, 0.5) is 11.5 Å². The van der Waals surface area contributed by atoms with Crippen molar-refractivity contribution in [2.75, 3.05) is 10.6 Å². The number of nitrogens with zero attached hydrogens (tertiary/aromatic N) is 2. The van der Waals surface area contributed by atoms with Crippen LogP contribution in [0.5, 0.6) is 5.75 Å². The minimum Gasteiger partial charge on any atom is -0.489 e. The summed E-state index contributed by atoms with van der Waals surface area (Å²) in [5, 5.41) is 14.8. The topological polar surface area (TPSA) is 76.1 Å². The Bertz CT molecular complexity index is 940. The molecule has 1 heterocycles. The van der Waals surface area contributed by atoms with Crippen molar-refractivity contribution in [3.8, 4) is 5.75 Å². The van der Waals surface area contributed by atoms with Crippen LogP contribution in [0.3, 0.4) is 0 Å². The van der Waals surface area contributed by atoms with Gasteiger partial charge in [0.1, 0.15) is 18.2 Å². The van der Waals surface area contributed by atoms with Crippen LogP contribution in [0.15, 0.2) is 60.7 Å². The predicted octanol–water partition coefficient (Wildman–Crippen LogP) is 4.54. The smallest absolute Gasteiger partial charge is 0.276 e. The van der Waals surface area contributed by atoms with Crippen molar-refractivity contribution in [1.82, 2.24) is 10.2 Å². The lowest BCUT2D eigenvalue weighted by Gasteiger charge is -2.09. The summed E-state index contributed by atoms with van der Waals surface area (Å²) in [5.74, 6) is 1.10. The van der Waals surface area contributed by atoms with Gasteiger partial charge in [0.25, 0.3) is 5.91 Å². The SMILES string of the molecule is O=C(Nc1ccc(OCc2ccc(Cl)cc2)cc1)c1ccc(NC2CC2)nn1. The Morgan fingerprint density at radius 1 is 1.00 bits per heavy atom. The zero-order valence-corrected chi connectivity index (χ0v) is 15.8. The molecule has 4 rings (SSSR count). The lowest BCUT2D eigenvalue weighted by atomic mass is 10.2. The third-order valence-electron chi connectivity index (χ3n) is 4.26. The van der Waals surface area contributed by atoms with Gasteiger partial charge in [0.15, 0.2) is 5.69 Å². The number of amides is 1. The molecule has 0 atom stereocenters. The summed E-state index contributed by atoms with van der Waals surface area (Å²) in [7, 11) is 0. The van der Waals surface area contributed by atoms with Crippen molar-refractivity contribution >= 4 is 29.0 Å². The van der Waals surface area contributed by atoms with E-state index in [2.05, 4.69) is 20.8 Å². The lowest BCUT2D eigenvalue weighted by Crippen LogP contribution is -2.15. The van der Waals surface area contributed by atoms with Gasteiger partial charge in [-0.2, -0.15) is 0 Å². The molecule has 0 radical (unpaired) electrons. The molecule has 0 aliphatic heterocycles. The minimum atomic E-state index is -0.305. The van der Waals surface area contributed by atoms with E-state index in [-0.39, 0.29) is 11.6 Å². The van der Waals surface area contributed by atoms with E-state index >= 15 is 0 Å². The van der Waals surface area contributed by atoms with Gasteiger partial charge in [0.05, 0.1) is 0 Å². The highest BCUT2D eigenvalue weighted by molar-refractivity contribution is 6.30.